The molecule has 1 aliphatic heterocycles. The summed E-state index contributed by atoms with van der Waals surface area (Å²) in [4.78, 5) is 23.7. The van der Waals surface area contributed by atoms with Gasteiger partial charge in [-0.05, 0) is 57.8 Å². The summed E-state index contributed by atoms with van der Waals surface area (Å²) < 4.78 is 0. The Morgan fingerprint density at radius 1 is 1.28 bits per heavy atom. The molecule has 1 aromatic heterocycles. The number of carbonyl (C=O) groups excluding carboxylic acids is 1. The largest absolute Gasteiger partial charge is 0.356 e. The Hall–Kier alpha value is -1.91. The highest BCUT2D eigenvalue weighted by Gasteiger charge is 2.19. The van der Waals surface area contributed by atoms with Crippen molar-refractivity contribution in [3.8, 4) is 0 Å². The highest BCUT2D eigenvalue weighted by molar-refractivity contribution is 5.92. The number of hydrogen-bond donors (Lipinski definition) is 1. The number of anilines is 1. The second-order valence-electron chi connectivity index (χ2n) is 7.44. The lowest BCUT2D eigenvalue weighted by Crippen LogP contribution is -2.34. The summed E-state index contributed by atoms with van der Waals surface area (Å²) in [6.45, 7) is 6.85. The van der Waals surface area contributed by atoms with E-state index >= 15 is 0 Å². The quantitative estimate of drug-likeness (QED) is 0.830. The van der Waals surface area contributed by atoms with Crippen LogP contribution in [0.15, 0.2) is 17.7 Å². The normalized spacial score (nSPS) is 18.8. The maximum absolute atomic E-state index is 12.5. The number of aryl methyl sites for hydroxylation is 1. The number of piperidine rings is 1. The average molecular weight is 342 g/mol. The third-order valence-corrected chi connectivity index (χ3v) is 5.28. The molecule has 2 heterocycles. The van der Waals surface area contributed by atoms with Crippen molar-refractivity contribution in [2.45, 2.75) is 58.8 Å². The van der Waals surface area contributed by atoms with Crippen molar-refractivity contribution in [1.82, 2.24) is 15.3 Å². The number of allylic oxidation sites excluding steroid dienone is 1. The molecule has 1 aliphatic carbocycles. The first-order chi connectivity index (χ1) is 12.1. The smallest absolute Gasteiger partial charge is 0.270 e. The third-order valence-electron chi connectivity index (χ3n) is 5.28. The van der Waals surface area contributed by atoms with Crippen molar-refractivity contribution in [1.29, 1.82) is 0 Å². The third kappa shape index (κ3) is 5.03. The van der Waals surface area contributed by atoms with Gasteiger partial charge in [-0.2, -0.15) is 0 Å². The number of nitrogens with zero attached hydrogens (tertiary/aromatic N) is 3. The van der Waals surface area contributed by atoms with Crippen molar-refractivity contribution in [3.05, 3.63) is 29.2 Å². The summed E-state index contributed by atoms with van der Waals surface area (Å²) in [7, 11) is 0. The fraction of sp³-hybridized carbons (Fsp3) is 0.650. The maximum atomic E-state index is 12.5. The van der Waals surface area contributed by atoms with E-state index in [1.807, 2.05) is 13.0 Å². The average Bonchev–Trinajstić information content (AvgIpc) is 2.62. The molecule has 5 heteroatoms. The van der Waals surface area contributed by atoms with E-state index in [0.717, 1.165) is 31.2 Å². The van der Waals surface area contributed by atoms with E-state index in [-0.39, 0.29) is 5.91 Å². The molecule has 0 atom stereocenters. The van der Waals surface area contributed by atoms with Crippen molar-refractivity contribution >= 4 is 11.7 Å². The minimum Gasteiger partial charge on any atom is -0.356 e. The highest BCUT2D eigenvalue weighted by Crippen LogP contribution is 2.22. The highest BCUT2D eigenvalue weighted by atomic mass is 16.1. The number of hydrogen-bond acceptors (Lipinski definition) is 4. The molecule has 0 aromatic carbocycles. The Morgan fingerprint density at radius 2 is 2.08 bits per heavy atom. The number of nitrogens with one attached hydrogen (secondary N) is 1. The van der Waals surface area contributed by atoms with E-state index in [2.05, 4.69) is 33.2 Å². The molecule has 1 aromatic rings. The minimum atomic E-state index is -0.0893. The molecular weight excluding hydrogens is 312 g/mol. The van der Waals surface area contributed by atoms with E-state index in [4.69, 9.17) is 0 Å². The lowest BCUT2D eigenvalue weighted by atomic mass is 9.97. The number of aromatic nitrogens is 2. The zero-order chi connectivity index (χ0) is 17.6. The summed E-state index contributed by atoms with van der Waals surface area (Å²) in [5, 5.41) is 3.02. The molecule has 25 heavy (non-hydrogen) atoms. The lowest BCUT2D eigenvalue weighted by molar-refractivity contribution is 0.0948. The molecule has 0 saturated carbocycles. The van der Waals surface area contributed by atoms with E-state index in [1.165, 1.54) is 44.1 Å². The molecule has 3 rings (SSSR count). The van der Waals surface area contributed by atoms with Gasteiger partial charge in [0.15, 0.2) is 0 Å². The van der Waals surface area contributed by atoms with Crippen LogP contribution in [-0.4, -0.2) is 35.5 Å². The van der Waals surface area contributed by atoms with Gasteiger partial charge in [-0.1, -0.05) is 18.6 Å². The summed E-state index contributed by atoms with van der Waals surface area (Å²) in [6, 6.07) is 1.85. The zero-order valence-corrected chi connectivity index (χ0v) is 15.6. The van der Waals surface area contributed by atoms with E-state index in [1.54, 1.807) is 0 Å². The van der Waals surface area contributed by atoms with Crippen LogP contribution in [0.25, 0.3) is 0 Å². The van der Waals surface area contributed by atoms with Gasteiger partial charge < -0.3 is 10.2 Å². The number of carbonyl (C=O) groups is 1. The Morgan fingerprint density at radius 3 is 2.80 bits per heavy atom. The van der Waals surface area contributed by atoms with Crippen molar-refractivity contribution in [2.75, 3.05) is 24.5 Å². The molecule has 136 valence electrons. The van der Waals surface area contributed by atoms with Crippen molar-refractivity contribution in [3.63, 3.8) is 0 Å². The maximum Gasteiger partial charge on any atom is 0.270 e. The molecular formula is C20H30N4O. The van der Waals surface area contributed by atoms with Crippen LogP contribution in [0.4, 0.5) is 5.82 Å². The van der Waals surface area contributed by atoms with Crippen LogP contribution in [0.5, 0.6) is 0 Å². The zero-order valence-electron chi connectivity index (χ0n) is 15.6. The first kappa shape index (κ1) is 17.9. The number of rotatable bonds is 5. The van der Waals surface area contributed by atoms with Crippen LogP contribution in [0.2, 0.25) is 0 Å². The molecule has 0 unspecified atom stereocenters. The van der Waals surface area contributed by atoms with Crippen molar-refractivity contribution < 1.29 is 4.79 Å². The Kier molecular flexibility index (Phi) is 6.05. The fourth-order valence-electron chi connectivity index (χ4n) is 3.63. The summed E-state index contributed by atoms with van der Waals surface area (Å²) in [5.41, 5.74) is 1.97. The SMILES string of the molecule is Cc1nc(C(=O)NCCC2=CCCCC2)cc(N2CCC(C)CC2)n1. The van der Waals surface area contributed by atoms with Gasteiger partial charge in [0.05, 0.1) is 0 Å². The summed E-state index contributed by atoms with van der Waals surface area (Å²) >= 11 is 0. The molecule has 2 aliphatic rings. The molecule has 0 bridgehead atoms. The monoisotopic (exact) mass is 342 g/mol. The second kappa shape index (κ2) is 8.45. The first-order valence-corrected chi connectivity index (χ1v) is 9.68. The molecule has 1 N–H and O–H groups in total. The molecule has 0 spiro atoms. The van der Waals surface area contributed by atoms with Gasteiger partial charge in [0.2, 0.25) is 0 Å². The number of amides is 1. The van der Waals surface area contributed by atoms with Gasteiger partial charge in [0, 0.05) is 25.7 Å². The fourth-order valence-corrected chi connectivity index (χ4v) is 3.63. The van der Waals surface area contributed by atoms with E-state index in [0.29, 0.717) is 18.1 Å². The van der Waals surface area contributed by atoms with Gasteiger partial charge in [0.25, 0.3) is 5.91 Å². The van der Waals surface area contributed by atoms with Crippen LogP contribution in [-0.2, 0) is 0 Å². The Bertz CT molecular complexity index is 633. The molecule has 1 saturated heterocycles. The Balaban J connectivity index is 1.59. The topological polar surface area (TPSA) is 58.1 Å². The minimum absolute atomic E-state index is 0.0893. The van der Waals surface area contributed by atoms with Gasteiger partial charge >= 0.3 is 0 Å². The van der Waals surface area contributed by atoms with Crippen LogP contribution in [0.3, 0.4) is 0 Å². The molecule has 1 fully saturated rings. The predicted molar refractivity (Wildman–Crippen MR) is 101 cm³/mol. The van der Waals surface area contributed by atoms with Gasteiger partial charge in [0.1, 0.15) is 17.3 Å². The van der Waals surface area contributed by atoms with Crippen molar-refractivity contribution in [2.24, 2.45) is 5.92 Å². The second-order valence-corrected chi connectivity index (χ2v) is 7.44. The summed E-state index contributed by atoms with van der Waals surface area (Å²) in [5.74, 6) is 2.24. The molecule has 5 nitrogen and oxygen atoms in total. The van der Waals surface area contributed by atoms with Crippen LogP contribution < -0.4 is 10.2 Å². The lowest BCUT2D eigenvalue weighted by Gasteiger charge is -2.31. The predicted octanol–water partition coefficient (Wildman–Crippen LogP) is 3.64. The first-order valence-electron chi connectivity index (χ1n) is 9.68. The molecule has 1 amide bonds. The van der Waals surface area contributed by atoms with Gasteiger partial charge in [-0.3, -0.25) is 4.79 Å². The van der Waals surface area contributed by atoms with Gasteiger partial charge in [-0.25, -0.2) is 9.97 Å². The summed E-state index contributed by atoms with van der Waals surface area (Å²) in [6.07, 6.45) is 10.6. The van der Waals surface area contributed by atoms with Crippen LogP contribution in [0.1, 0.15) is 68.2 Å². The standard InChI is InChI=1S/C20H30N4O/c1-15-9-12-24(13-10-15)19-14-18(22-16(2)23-19)20(25)21-11-8-17-6-4-3-5-7-17/h6,14-15H,3-5,7-13H2,1-2H3,(H,21,25). The van der Waals surface area contributed by atoms with Gasteiger partial charge in [-0.15, -0.1) is 0 Å². The van der Waals surface area contributed by atoms with E-state index in [9.17, 15) is 4.79 Å². The van der Waals surface area contributed by atoms with E-state index < -0.39 is 0 Å². The van der Waals surface area contributed by atoms with Crippen LogP contribution in [0, 0.1) is 12.8 Å². The van der Waals surface area contributed by atoms with Crippen LogP contribution >= 0.6 is 0 Å². The Labute approximate surface area is 150 Å². The molecule has 0 radical (unpaired) electrons.